The summed E-state index contributed by atoms with van der Waals surface area (Å²) in [5, 5.41) is 16.0. The molecule has 3 N–H and O–H groups in total. The molecule has 104 valence electrons. The first kappa shape index (κ1) is 12.9. The molecule has 6 heteroatoms. The summed E-state index contributed by atoms with van der Waals surface area (Å²) in [5.74, 6) is 0. The number of pyridine rings is 1. The van der Waals surface area contributed by atoms with E-state index in [1.807, 2.05) is 24.3 Å². The summed E-state index contributed by atoms with van der Waals surface area (Å²) < 4.78 is 0. The molecule has 21 heavy (non-hydrogen) atoms. The lowest BCUT2D eigenvalue weighted by Gasteiger charge is -2.10. The number of aromatic nitrogens is 1. The molecule has 0 spiro atoms. The van der Waals surface area contributed by atoms with E-state index in [0.29, 0.717) is 11.4 Å². The third-order valence-corrected chi connectivity index (χ3v) is 3.11. The highest BCUT2D eigenvalue weighted by atomic mass is 16.6. The Bertz CT molecular complexity index is 828. The van der Waals surface area contributed by atoms with Gasteiger partial charge in [0.1, 0.15) is 0 Å². The van der Waals surface area contributed by atoms with Crippen LogP contribution in [0.15, 0.2) is 54.9 Å². The normalized spacial score (nSPS) is 10.5. The van der Waals surface area contributed by atoms with E-state index in [1.54, 1.807) is 18.5 Å². The van der Waals surface area contributed by atoms with Crippen molar-refractivity contribution < 1.29 is 4.92 Å². The Kier molecular flexibility index (Phi) is 3.12. The Morgan fingerprint density at radius 1 is 1.19 bits per heavy atom. The lowest BCUT2D eigenvalue weighted by molar-refractivity contribution is -0.384. The smallest absolute Gasteiger partial charge is 0.273 e. The Labute approximate surface area is 120 Å². The average Bonchev–Trinajstić information content (AvgIpc) is 2.47. The molecular formula is C15H12N4O2. The Hall–Kier alpha value is -3.15. The van der Waals surface area contributed by atoms with E-state index in [-0.39, 0.29) is 5.69 Å². The summed E-state index contributed by atoms with van der Waals surface area (Å²) in [6.45, 7) is 0. The van der Waals surface area contributed by atoms with Crippen LogP contribution in [-0.4, -0.2) is 9.91 Å². The summed E-state index contributed by atoms with van der Waals surface area (Å²) in [7, 11) is 0. The van der Waals surface area contributed by atoms with Crippen LogP contribution in [0.25, 0.3) is 10.8 Å². The third-order valence-electron chi connectivity index (χ3n) is 3.11. The molecule has 0 aliphatic rings. The fraction of sp³-hybridized carbons (Fsp3) is 0. The number of nitrogens with zero attached hydrogens (tertiary/aromatic N) is 2. The minimum absolute atomic E-state index is 0.0455. The Morgan fingerprint density at radius 3 is 2.86 bits per heavy atom. The minimum Gasteiger partial charge on any atom is -0.398 e. The highest BCUT2D eigenvalue weighted by molar-refractivity contribution is 5.94. The van der Waals surface area contributed by atoms with Crippen molar-refractivity contribution in [3.63, 3.8) is 0 Å². The van der Waals surface area contributed by atoms with Gasteiger partial charge in [-0.3, -0.25) is 15.1 Å². The Balaban J connectivity index is 2.05. The topological polar surface area (TPSA) is 94.1 Å². The van der Waals surface area contributed by atoms with Crippen molar-refractivity contribution in [2.45, 2.75) is 0 Å². The van der Waals surface area contributed by atoms with E-state index in [9.17, 15) is 10.1 Å². The van der Waals surface area contributed by atoms with Crippen molar-refractivity contribution in [2.24, 2.45) is 0 Å². The highest BCUT2D eigenvalue weighted by Gasteiger charge is 2.09. The van der Waals surface area contributed by atoms with Crippen molar-refractivity contribution in [2.75, 3.05) is 11.1 Å². The fourth-order valence-corrected chi connectivity index (χ4v) is 2.19. The number of nitrogens with one attached hydrogen (secondary N) is 1. The van der Waals surface area contributed by atoms with E-state index < -0.39 is 4.92 Å². The van der Waals surface area contributed by atoms with Gasteiger partial charge in [0.15, 0.2) is 0 Å². The number of anilines is 3. The van der Waals surface area contributed by atoms with Gasteiger partial charge in [-0.15, -0.1) is 0 Å². The van der Waals surface area contributed by atoms with E-state index >= 15 is 0 Å². The molecule has 0 saturated carbocycles. The Morgan fingerprint density at radius 2 is 2.05 bits per heavy atom. The number of hydrogen-bond acceptors (Lipinski definition) is 5. The molecule has 0 bridgehead atoms. The molecule has 0 saturated heterocycles. The number of non-ortho nitro benzene ring substituents is 1. The molecule has 1 heterocycles. The molecule has 0 fully saturated rings. The average molecular weight is 280 g/mol. The van der Waals surface area contributed by atoms with Crippen molar-refractivity contribution in [1.29, 1.82) is 0 Å². The molecule has 0 amide bonds. The van der Waals surface area contributed by atoms with Gasteiger partial charge in [-0.1, -0.05) is 12.1 Å². The first-order chi connectivity index (χ1) is 10.1. The molecular weight excluding hydrogens is 268 g/mol. The fourth-order valence-electron chi connectivity index (χ4n) is 2.19. The molecule has 3 rings (SSSR count). The molecule has 2 aromatic carbocycles. The first-order valence-corrected chi connectivity index (χ1v) is 6.28. The van der Waals surface area contributed by atoms with Crippen LogP contribution in [0, 0.1) is 10.1 Å². The molecule has 0 aliphatic heterocycles. The quantitative estimate of drug-likeness (QED) is 0.435. The van der Waals surface area contributed by atoms with Crippen LogP contribution < -0.4 is 11.1 Å². The summed E-state index contributed by atoms with van der Waals surface area (Å²) in [6, 6.07) is 12.1. The molecule has 0 aliphatic carbocycles. The van der Waals surface area contributed by atoms with Crippen LogP contribution in [-0.2, 0) is 0 Å². The predicted octanol–water partition coefficient (Wildman–Crippen LogP) is 3.47. The lowest BCUT2D eigenvalue weighted by atomic mass is 10.1. The number of rotatable bonds is 3. The SMILES string of the molecule is Nc1cc(Nc2cccc3ccncc23)cc([N+](=O)[O-])c1. The summed E-state index contributed by atoms with van der Waals surface area (Å²) in [5.41, 5.74) is 7.39. The van der Waals surface area contributed by atoms with Crippen LogP contribution in [0.3, 0.4) is 0 Å². The maximum Gasteiger partial charge on any atom is 0.273 e. The summed E-state index contributed by atoms with van der Waals surface area (Å²) in [4.78, 5) is 14.5. The van der Waals surface area contributed by atoms with Gasteiger partial charge in [-0.05, 0) is 23.6 Å². The predicted molar refractivity (Wildman–Crippen MR) is 82.5 cm³/mol. The van der Waals surface area contributed by atoms with Gasteiger partial charge in [0.2, 0.25) is 0 Å². The number of nitro benzene ring substituents is 1. The molecule has 1 aromatic heterocycles. The maximum absolute atomic E-state index is 10.9. The largest absolute Gasteiger partial charge is 0.398 e. The zero-order chi connectivity index (χ0) is 14.8. The van der Waals surface area contributed by atoms with Gasteiger partial charge in [-0.2, -0.15) is 0 Å². The second-order valence-electron chi connectivity index (χ2n) is 4.60. The van der Waals surface area contributed by atoms with Crippen LogP contribution in [0.5, 0.6) is 0 Å². The highest BCUT2D eigenvalue weighted by Crippen LogP contribution is 2.29. The van der Waals surface area contributed by atoms with E-state index in [0.717, 1.165) is 16.5 Å². The molecule has 0 radical (unpaired) electrons. The van der Waals surface area contributed by atoms with E-state index in [1.165, 1.54) is 12.1 Å². The van der Waals surface area contributed by atoms with Crippen LogP contribution in [0.1, 0.15) is 0 Å². The molecule has 0 unspecified atom stereocenters. The molecule has 3 aromatic rings. The van der Waals surface area contributed by atoms with Crippen LogP contribution >= 0.6 is 0 Å². The lowest BCUT2D eigenvalue weighted by Crippen LogP contribution is -1.96. The number of nitrogens with two attached hydrogens (primary N) is 1. The van der Waals surface area contributed by atoms with E-state index in [2.05, 4.69) is 10.3 Å². The summed E-state index contributed by atoms with van der Waals surface area (Å²) in [6.07, 6.45) is 3.47. The van der Waals surface area contributed by atoms with Crippen LogP contribution in [0.2, 0.25) is 0 Å². The van der Waals surface area contributed by atoms with Gasteiger partial charge in [-0.25, -0.2) is 0 Å². The molecule has 6 nitrogen and oxygen atoms in total. The van der Waals surface area contributed by atoms with Gasteiger partial charge in [0.25, 0.3) is 5.69 Å². The molecule has 0 atom stereocenters. The van der Waals surface area contributed by atoms with Gasteiger partial charge in [0, 0.05) is 47.0 Å². The minimum atomic E-state index is -0.466. The number of nitro groups is 1. The first-order valence-electron chi connectivity index (χ1n) is 6.28. The van der Waals surface area contributed by atoms with Crippen LogP contribution in [0.4, 0.5) is 22.7 Å². The van der Waals surface area contributed by atoms with Crippen molar-refractivity contribution >= 4 is 33.5 Å². The van der Waals surface area contributed by atoms with E-state index in [4.69, 9.17) is 5.73 Å². The zero-order valence-corrected chi connectivity index (χ0v) is 11.0. The number of nitrogen functional groups attached to an aromatic ring is 1. The number of fused-ring (bicyclic) bond motifs is 1. The maximum atomic E-state index is 10.9. The third kappa shape index (κ3) is 2.59. The number of benzene rings is 2. The van der Waals surface area contributed by atoms with Gasteiger partial charge in [0.05, 0.1) is 4.92 Å². The second-order valence-corrected chi connectivity index (χ2v) is 4.60. The monoisotopic (exact) mass is 280 g/mol. The van der Waals surface area contributed by atoms with Crippen molar-refractivity contribution in [3.8, 4) is 0 Å². The van der Waals surface area contributed by atoms with Gasteiger partial charge < -0.3 is 11.1 Å². The summed E-state index contributed by atoms with van der Waals surface area (Å²) >= 11 is 0. The zero-order valence-electron chi connectivity index (χ0n) is 11.0. The number of hydrogen-bond donors (Lipinski definition) is 2. The van der Waals surface area contributed by atoms with Crippen molar-refractivity contribution in [1.82, 2.24) is 4.98 Å². The van der Waals surface area contributed by atoms with Gasteiger partial charge >= 0.3 is 0 Å². The second kappa shape index (κ2) is 5.09. The standard InChI is InChI=1S/C15H12N4O2/c16-11-6-12(8-13(7-11)19(20)21)18-15-3-1-2-10-4-5-17-9-14(10)15/h1-9,18H,16H2. The van der Waals surface area contributed by atoms with Crippen molar-refractivity contribution in [3.05, 3.63) is 65.0 Å².